The second kappa shape index (κ2) is 7.65. The molecule has 6 nitrogen and oxygen atoms in total. The normalized spacial score (nSPS) is 15.2. The van der Waals surface area contributed by atoms with Crippen molar-refractivity contribution in [2.24, 2.45) is 10.9 Å². The van der Waals surface area contributed by atoms with Gasteiger partial charge in [-0.2, -0.15) is 0 Å². The Balaban J connectivity index is 2.21. The van der Waals surface area contributed by atoms with E-state index in [1.807, 2.05) is 33.8 Å². The summed E-state index contributed by atoms with van der Waals surface area (Å²) in [6, 6.07) is 3.53. The molecule has 1 aliphatic rings. The molecule has 0 fully saturated rings. The zero-order valence-electron chi connectivity index (χ0n) is 14.9. The minimum Gasteiger partial charge on any atom is -0.481 e. The van der Waals surface area contributed by atoms with Crippen molar-refractivity contribution in [1.82, 2.24) is 0 Å². The minimum absolute atomic E-state index is 0.0772. The highest BCUT2D eigenvalue weighted by molar-refractivity contribution is 7.51. The summed E-state index contributed by atoms with van der Waals surface area (Å²) in [4.78, 5) is 34.1. The lowest BCUT2D eigenvalue weighted by Gasteiger charge is -2.18. The molecule has 25 heavy (non-hydrogen) atoms. The molecular weight excluding hydrogens is 341 g/mol. The van der Waals surface area contributed by atoms with Crippen molar-refractivity contribution in [3.05, 3.63) is 40.5 Å². The van der Waals surface area contributed by atoms with E-state index >= 15 is 0 Å². The molecule has 0 saturated heterocycles. The van der Waals surface area contributed by atoms with Gasteiger partial charge in [-0.1, -0.05) is 13.8 Å². The third kappa shape index (κ3) is 5.36. The van der Waals surface area contributed by atoms with Crippen LogP contribution in [0, 0.1) is 19.8 Å². The molecule has 7 heteroatoms. The Morgan fingerprint density at radius 1 is 1.24 bits per heavy atom. The van der Waals surface area contributed by atoms with Crippen LogP contribution in [0.3, 0.4) is 0 Å². The molecule has 1 heterocycles. The molecule has 1 aromatic rings. The fourth-order valence-electron chi connectivity index (χ4n) is 2.82. The first kappa shape index (κ1) is 19.6. The molecule has 136 valence electrons. The maximum atomic E-state index is 11.9. The number of aliphatic imine (C=N–C) groups is 1. The summed E-state index contributed by atoms with van der Waals surface area (Å²) in [5.74, 6) is 0.679. The molecule has 0 saturated carbocycles. The Hall–Kier alpha value is -1.75. The van der Waals surface area contributed by atoms with Crippen LogP contribution < -0.4 is 4.74 Å². The fraction of sp³-hybridized carbons (Fsp3) is 0.444. The van der Waals surface area contributed by atoms with Gasteiger partial charge in [0.1, 0.15) is 12.3 Å². The van der Waals surface area contributed by atoms with E-state index in [9.17, 15) is 9.36 Å². The molecular formula is C18H24NO5P. The van der Waals surface area contributed by atoms with Gasteiger partial charge in [0.05, 0.1) is 0 Å². The monoisotopic (exact) mass is 365 g/mol. The van der Waals surface area contributed by atoms with Gasteiger partial charge >= 0.3 is 7.60 Å². The largest absolute Gasteiger partial charge is 0.481 e. The van der Waals surface area contributed by atoms with Gasteiger partial charge in [-0.25, -0.2) is 0 Å². The number of nitrogens with zero attached hydrogens (tertiary/aromatic N) is 1. The maximum Gasteiger partial charge on any atom is 0.362 e. The lowest BCUT2D eigenvalue weighted by atomic mass is 9.91. The number of ketones is 1. The summed E-state index contributed by atoms with van der Waals surface area (Å²) in [5, 5.41) is 0. The fourth-order valence-corrected chi connectivity index (χ4v) is 3.14. The number of rotatable bonds is 6. The third-order valence-corrected chi connectivity index (χ3v) is 4.58. The Labute approximate surface area is 147 Å². The van der Waals surface area contributed by atoms with Gasteiger partial charge < -0.3 is 14.5 Å². The second-order valence-corrected chi connectivity index (χ2v) is 8.22. The summed E-state index contributed by atoms with van der Waals surface area (Å²) in [6.45, 7) is 8.04. The zero-order valence-corrected chi connectivity index (χ0v) is 15.8. The zero-order chi connectivity index (χ0) is 18.8. The highest BCUT2D eigenvalue weighted by atomic mass is 31.2. The van der Waals surface area contributed by atoms with E-state index in [-0.39, 0.29) is 18.2 Å². The van der Waals surface area contributed by atoms with Crippen molar-refractivity contribution in [3.8, 4) is 5.75 Å². The molecule has 2 N–H and O–H groups in total. The van der Waals surface area contributed by atoms with Gasteiger partial charge in [-0.15, -0.1) is 0 Å². The van der Waals surface area contributed by atoms with Crippen molar-refractivity contribution < 1.29 is 23.9 Å². The number of aryl methyl sites for hydroxylation is 2. The Kier molecular flexibility index (Phi) is 5.99. The number of carbonyl (C=O) groups is 1. The number of carbonyl (C=O) groups excluding carboxylic acids is 1. The van der Waals surface area contributed by atoms with Gasteiger partial charge in [-0.05, 0) is 54.7 Å². The third-order valence-electron chi connectivity index (χ3n) is 4.12. The van der Waals surface area contributed by atoms with Crippen LogP contribution in [-0.4, -0.2) is 34.2 Å². The summed E-state index contributed by atoms with van der Waals surface area (Å²) in [7, 11) is -4.21. The van der Waals surface area contributed by atoms with Crippen LogP contribution in [0.25, 0.3) is 0 Å². The lowest BCUT2D eigenvalue weighted by molar-refractivity contribution is -0.114. The molecule has 0 spiro atoms. The molecule has 2 rings (SSSR count). The van der Waals surface area contributed by atoms with Crippen molar-refractivity contribution in [1.29, 1.82) is 0 Å². The molecule has 1 aliphatic heterocycles. The van der Waals surface area contributed by atoms with Gasteiger partial charge in [0.25, 0.3) is 0 Å². The molecule has 1 aromatic carbocycles. The van der Waals surface area contributed by atoms with Crippen LogP contribution in [0.5, 0.6) is 5.75 Å². The Morgan fingerprint density at radius 2 is 1.84 bits per heavy atom. The molecule has 0 unspecified atom stereocenters. The molecule has 0 radical (unpaired) electrons. The summed E-state index contributed by atoms with van der Waals surface area (Å²) in [6.07, 6.45) is 1.86. The maximum absolute atomic E-state index is 11.9. The van der Waals surface area contributed by atoms with Gasteiger partial charge in [0.2, 0.25) is 0 Å². The lowest BCUT2D eigenvalue weighted by Crippen LogP contribution is -2.20. The van der Waals surface area contributed by atoms with E-state index in [4.69, 9.17) is 14.5 Å². The topological polar surface area (TPSA) is 96.2 Å². The standard InChI is InChI=1S/C18H24NO5P/c1-11(2)16-7-14(19-9-18(16)20)8-17-12(3)5-15(6-13(17)4)24-10-25(21,22)23/h5-7,11H,8-10H2,1-4H3,(H2,21,22,23). The highest BCUT2D eigenvalue weighted by Gasteiger charge is 2.19. The van der Waals surface area contributed by atoms with Crippen molar-refractivity contribution in [2.45, 2.75) is 34.1 Å². The van der Waals surface area contributed by atoms with Crippen LogP contribution in [-0.2, 0) is 15.8 Å². The van der Waals surface area contributed by atoms with Gasteiger partial charge in [0.15, 0.2) is 12.1 Å². The molecule has 0 bridgehead atoms. The smallest absolute Gasteiger partial charge is 0.362 e. The predicted molar refractivity (Wildman–Crippen MR) is 97.4 cm³/mol. The minimum atomic E-state index is -4.21. The average Bonchev–Trinajstić information content (AvgIpc) is 2.49. The average molecular weight is 365 g/mol. The van der Waals surface area contributed by atoms with E-state index in [0.29, 0.717) is 12.2 Å². The van der Waals surface area contributed by atoms with Crippen molar-refractivity contribution in [3.63, 3.8) is 0 Å². The molecule has 0 atom stereocenters. The molecule has 0 aliphatic carbocycles. The van der Waals surface area contributed by atoms with Crippen LogP contribution in [0.15, 0.2) is 28.8 Å². The number of allylic oxidation sites excluding steroid dienone is 1. The summed E-state index contributed by atoms with van der Waals surface area (Å²) in [5.41, 5.74) is 4.68. The number of dihydropyridines is 1. The van der Waals surface area contributed by atoms with E-state index in [0.717, 1.165) is 28.0 Å². The number of hydrogen-bond acceptors (Lipinski definition) is 4. The number of ether oxygens (including phenoxy) is 1. The van der Waals surface area contributed by atoms with E-state index in [1.54, 1.807) is 12.1 Å². The Morgan fingerprint density at radius 3 is 2.36 bits per heavy atom. The van der Waals surface area contributed by atoms with Gasteiger partial charge in [-0.3, -0.25) is 14.4 Å². The first-order chi connectivity index (χ1) is 11.6. The Bertz CT molecular complexity index is 766. The van der Waals surface area contributed by atoms with E-state index in [1.165, 1.54) is 0 Å². The SMILES string of the molecule is Cc1cc(OCP(=O)(O)O)cc(C)c1CC1=NCC(=O)C(C(C)C)=C1. The van der Waals surface area contributed by atoms with Gasteiger partial charge in [0, 0.05) is 17.7 Å². The summed E-state index contributed by atoms with van der Waals surface area (Å²) < 4.78 is 16.1. The predicted octanol–water partition coefficient (Wildman–Crippen LogP) is 2.97. The number of Topliss-reactive ketones (excluding diaryl/α,β-unsaturated/α-hetero) is 1. The summed E-state index contributed by atoms with van der Waals surface area (Å²) >= 11 is 0. The number of benzene rings is 1. The van der Waals surface area contributed by atoms with Crippen LogP contribution in [0.4, 0.5) is 0 Å². The van der Waals surface area contributed by atoms with Crippen LogP contribution in [0.2, 0.25) is 0 Å². The first-order valence-electron chi connectivity index (χ1n) is 8.12. The highest BCUT2D eigenvalue weighted by Crippen LogP contribution is 2.35. The van der Waals surface area contributed by atoms with Crippen LogP contribution in [0.1, 0.15) is 30.5 Å². The van der Waals surface area contributed by atoms with Crippen molar-refractivity contribution >= 4 is 19.1 Å². The second-order valence-electron chi connectivity index (χ2n) is 6.64. The number of hydrogen-bond donors (Lipinski definition) is 2. The molecule has 0 amide bonds. The quantitative estimate of drug-likeness (QED) is 0.756. The van der Waals surface area contributed by atoms with E-state index < -0.39 is 13.9 Å². The molecule has 0 aromatic heterocycles. The van der Waals surface area contributed by atoms with Crippen molar-refractivity contribution in [2.75, 3.05) is 12.9 Å². The first-order valence-corrected chi connectivity index (χ1v) is 9.92. The van der Waals surface area contributed by atoms with E-state index in [2.05, 4.69) is 4.99 Å². The van der Waals surface area contributed by atoms with Crippen LogP contribution >= 0.6 is 7.60 Å².